The van der Waals surface area contributed by atoms with Gasteiger partial charge in [0, 0.05) is 30.8 Å². The van der Waals surface area contributed by atoms with Gasteiger partial charge in [-0.1, -0.05) is 42.4 Å². The zero-order valence-electron chi connectivity index (χ0n) is 15.0. The average Bonchev–Trinajstić information content (AvgIpc) is 3.03. The van der Waals surface area contributed by atoms with Crippen LogP contribution >= 0.6 is 0 Å². The lowest BCUT2D eigenvalue weighted by molar-refractivity contribution is 0.446. The highest BCUT2D eigenvalue weighted by molar-refractivity contribution is 5.78. The Morgan fingerprint density at radius 2 is 2.12 bits per heavy atom. The van der Waals surface area contributed by atoms with Crippen LogP contribution in [0.4, 0.5) is 0 Å². The van der Waals surface area contributed by atoms with Gasteiger partial charge in [-0.15, -0.1) is 0 Å². The molecule has 0 spiro atoms. The normalized spacial score (nSPS) is 12.2. The summed E-state index contributed by atoms with van der Waals surface area (Å²) in [5, 5.41) is 16.6. The molecule has 0 fully saturated rings. The van der Waals surface area contributed by atoms with Gasteiger partial charge in [0.25, 0.3) is 5.56 Å². The second-order valence-electron chi connectivity index (χ2n) is 6.28. The van der Waals surface area contributed by atoms with E-state index >= 15 is 0 Å². The molecule has 0 radical (unpaired) electrons. The van der Waals surface area contributed by atoms with Gasteiger partial charge < -0.3 is 14.4 Å². The van der Waals surface area contributed by atoms with Crippen molar-refractivity contribution in [1.82, 2.24) is 15.0 Å². The minimum absolute atomic E-state index is 0.0467. The lowest BCUT2D eigenvalue weighted by Gasteiger charge is -2.22. The number of nitriles is 1. The molecule has 134 valence electrons. The molecule has 0 aliphatic rings. The smallest absolute Gasteiger partial charge is 0.264 e. The predicted molar refractivity (Wildman–Crippen MR) is 99.8 cm³/mol. The molecule has 0 saturated heterocycles. The van der Waals surface area contributed by atoms with Crippen molar-refractivity contribution >= 4 is 11.0 Å². The fourth-order valence-corrected chi connectivity index (χ4v) is 3.19. The molecule has 3 aromatic rings. The Kier molecular flexibility index (Phi) is 5.49. The van der Waals surface area contributed by atoms with Crippen molar-refractivity contribution in [2.24, 2.45) is 0 Å². The van der Waals surface area contributed by atoms with E-state index in [9.17, 15) is 4.79 Å². The van der Waals surface area contributed by atoms with Gasteiger partial charge in [0.15, 0.2) is 5.58 Å². The second kappa shape index (κ2) is 7.98. The van der Waals surface area contributed by atoms with E-state index in [4.69, 9.17) is 9.78 Å². The number of hydrogen-bond acceptors (Lipinski definition) is 5. The summed E-state index contributed by atoms with van der Waals surface area (Å²) in [6, 6.07) is 13.9. The topological polar surface area (TPSA) is 83.8 Å². The van der Waals surface area contributed by atoms with E-state index in [0.29, 0.717) is 36.2 Å². The number of hydrogen-bond donors (Lipinski definition) is 1. The molecule has 6 nitrogen and oxygen atoms in total. The Morgan fingerprint density at radius 3 is 2.81 bits per heavy atom. The van der Waals surface area contributed by atoms with E-state index in [1.165, 1.54) is 0 Å². The minimum Gasteiger partial charge on any atom is -0.356 e. The van der Waals surface area contributed by atoms with Crippen molar-refractivity contribution in [2.75, 3.05) is 6.54 Å². The summed E-state index contributed by atoms with van der Waals surface area (Å²) in [6.45, 7) is 4.88. The van der Waals surface area contributed by atoms with Crippen LogP contribution < -0.4 is 10.9 Å². The third-order valence-electron chi connectivity index (χ3n) is 4.52. The van der Waals surface area contributed by atoms with Gasteiger partial charge in [-0.3, -0.25) is 4.79 Å². The van der Waals surface area contributed by atoms with Crippen LogP contribution in [0.5, 0.6) is 0 Å². The van der Waals surface area contributed by atoms with Gasteiger partial charge in [0.05, 0.1) is 18.3 Å². The fraction of sp³-hybridized carbons (Fsp3) is 0.350. The molecular weight excluding hydrogens is 328 g/mol. The van der Waals surface area contributed by atoms with Gasteiger partial charge in [0.1, 0.15) is 5.39 Å². The summed E-state index contributed by atoms with van der Waals surface area (Å²) in [5.41, 5.74) is 2.91. The van der Waals surface area contributed by atoms with Crippen LogP contribution in [-0.2, 0) is 6.54 Å². The molecule has 0 saturated carbocycles. The Hall–Kier alpha value is -2.91. The molecule has 1 aromatic carbocycles. The number of aromatic nitrogens is 2. The number of fused-ring (bicyclic) bond motifs is 1. The molecule has 3 rings (SSSR count). The maximum Gasteiger partial charge on any atom is 0.264 e. The van der Waals surface area contributed by atoms with Crippen molar-refractivity contribution in [3.8, 4) is 6.07 Å². The van der Waals surface area contributed by atoms with Crippen molar-refractivity contribution in [2.45, 2.75) is 39.3 Å². The Labute approximate surface area is 152 Å². The molecule has 2 aromatic heterocycles. The molecule has 1 unspecified atom stereocenters. The standard InChI is InChI=1S/C20H22N4O2/c1-3-16(22-11-7-10-21)17-12-18-19(14(2)23-26-18)20(25)24(17)13-15-8-5-4-6-9-15/h4-6,8-9,12,16,22H,3,7,11,13H2,1-2H3. The van der Waals surface area contributed by atoms with E-state index in [1.807, 2.05) is 36.4 Å². The maximum atomic E-state index is 13.2. The van der Waals surface area contributed by atoms with E-state index in [0.717, 1.165) is 17.7 Å². The molecule has 0 aliphatic heterocycles. The zero-order valence-corrected chi connectivity index (χ0v) is 15.0. The van der Waals surface area contributed by atoms with E-state index in [2.05, 4.69) is 23.5 Å². The highest BCUT2D eigenvalue weighted by Crippen LogP contribution is 2.22. The van der Waals surface area contributed by atoms with Gasteiger partial charge in [-0.05, 0) is 18.9 Å². The van der Waals surface area contributed by atoms with Gasteiger partial charge in [-0.2, -0.15) is 5.26 Å². The van der Waals surface area contributed by atoms with Crippen molar-refractivity contribution < 1.29 is 4.52 Å². The number of rotatable bonds is 7. The number of pyridine rings is 1. The summed E-state index contributed by atoms with van der Waals surface area (Å²) in [4.78, 5) is 13.2. The van der Waals surface area contributed by atoms with Crippen LogP contribution in [0.15, 0.2) is 45.7 Å². The molecule has 0 bridgehead atoms. The molecule has 1 atom stereocenters. The molecule has 0 aliphatic carbocycles. The molecule has 6 heteroatoms. The van der Waals surface area contributed by atoms with Crippen LogP contribution in [0.3, 0.4) is 0 Å². The Morgan fingerprint density at radius 1 is 1.35 bits per heavy atom. The van der Waals surface area contributed by atoms with Crippen LogP contribution in [0.25, 0.3) is 11.0 Å². The quantitative estimate of drug-likeness (QED) is 0.661. The summed E-state index contributed by atoms with van der Waals surface area (Å²) in [6.07, 6.45) is 1.21. The fourth-order valence-electron chi connectivity index (χ4n) is 3.19. The van der Waals surface area contributed by atoms with Crippen molar-refractivity contribution in [1.29, 1.82) is 5.26 Å². The summed E-state index contributed by atoms with van der Waals surface area (Å²) >= 11 is 0. The third-order valence-corrected chi connectivity index (χ3v) is 4.52. The van der Waals surface area contributed by atoms with Gasteiger partial charge >= 0.3 is 0 Å². The maximum absolute atomic E-state index is 13.2. The lowest BCUT2D eigenvalue weighted by atomic mass is 10.1. The summed E-state index contributed by atoms with van der Waals surface area (Å²) in [5.74, 6) is 0. The van der Waals surface area contributed by atoms with E-state index < -0.39 is 0 Å². The van der Waals surface area contributed by atoms with Crippen LogP contribution in [0.1, 0.15) is 42.8 Å². The summed E-state index contributed by atoms with van der Waals surface area (Å²) < 4.78 is 7.14. The molecule has 0 amide bonds. The van der Waals surface area contributed by atoms with Crippen LogP contribution in [0.2, 0.25) is 0 Å². The first kappa shape index (κ1) is 17.9. The first-order valence-corrected chi connectivity index (χ1v) is 8.79. The average molecular weight is 350 g/mol. The van der Waals surface area contributed by atoms with Crippen molar-refractivity contribution in [3.63, 3.8) is 0 Å². The predicted octanol–water partition coefficient (Wildman–Crippen LogP) is 3.30. The minimum atomic E-state index is -0.0966. The zero-order chi connectivity index (χ0) is 18.5. The van der Waals surface area contributed by atoms with Crippen LogP contribution in [0, 0.1) is 18.3 Å². The molecule has 2 heterocycles. The lowest BCUT2D eigenvalue weighted by Crippen LogP contribution is -2.31. The first-order valence-electron chi connectivity index (χ1n) is 8.79. The SMILES string of the molecule is CCC(NCCC#N)c1cc2onc(C)c2c(=O)n1Cc1ccccc1. The largest absolute Gasteiger partial charge is 0.356 e. The monoisotopic (exact) mass is 350 g/mol. The Balaban J connectivity index is 2.11. The molecular formula is C20H22N4O2. The number of nitrogens with zero attached hydrogens (tertiary/aromatic N) is 3. The molecule has 26 heavy (non-hydrogen) atoms. The highest BCUT2D eigenvalue weighted by atomic mass is 16.5. The Bertz CT molecular complexity index is 983. The number of nitrogens with one attached hydrogen (secondary N) is 1. The first-order chi connectivity index (χ1) is 12.7. The van der Waals surface area contributed by atoms with Gasteiger partial charge in [-0.25, -0.2) is 0 Å². The summed E-state index contributed by atoms with van der Waals surface area (Å²) in [7, 11) is 0. The van der Waals surface area contributed by atoms with E-state index in [1.54, 1.807) is 11.5 Å². The van der Waals surface area contributed by atoms with Gasteiger partial charge in [0.2, 0.25) is 0 Å². The van der Waals surface area contributed by atoms with Crippen LogP contribution in [-0.4, -0.2) is 16.3 Å². The highest BCUT2D eigenvalue weighted by Gasteiger charge is 2.20. The van der Waals surface area contributed by atoms with Crippen molar-refractivity contribution in [3.05, 3.63) is 63.7 Å². The van der Waals surface area contributed by atoms with E-state index in [-0.39, 0.29) is 11.6 Å². The second-order valence-corrected chi connectivity index (χ2v) is 6.28. The number of benzene rings is 1. The molecule has 1 N–H and O–H groups in total. The number of aryl methyl sites for hydroxylation is 1. The third kappa shape index (κ3) is 3.53.